The highest BCUT2D eigenvalue weighted by molar-refractivity contribution is 6.33. The molecule has 1 aromatic rings. The van der Waals surface area contributed by atoms with Crippen LogP contribution in [0.3, 0.4) is 0 Å². The zero-order valence-corrected chi connectivity index (χ0v) is 10.8. The van der Waals surface area contributed by atoms with Crippen LogP contribution in [0.25, 0.3) is 0 Å². The van der Waals surface area contributed by atoms with Crippen molar-refractivity contribution in [1.82, 2.24) is 0 Å². The van der Waals surface area contributed by atoms with E-state index in [-0.39, 0.29) is 5.69 Å². The van der Waals surface area contributed by atoms with Crippen LogP contribution in [0.2, 0.25) is 5.02 Å². The summed E-state index contributed by atoms with van der Waals surface area (Å²) in [5.41, 5.74) is 0.632. The fraction of sp³-hybridized carbons (Fsp3) is 0.455. The zero-order chi connectivity index (χ0) is 13.0. The van der Waals surface area contributed by atoms with Crippen molar-refractivity contribution in [1.29, 1.82) is 0 Å². The first-order valence-electron chi connectivity index (χ1n) is 5.32. The number of methoxy groups -OCH3 is 1. The number of non-ortho nitro benzene ring substituents is 1. The van der Waals surface area contributed by atoms with Gasteiger partial charge in [-0.25, -0.2) is 0 Å². The SMILES string of the molecule is CCN(CC)c1c(Cl)cc([N+](=O)[O-])cc1OC. The minimum absolute atomic E-state index is 0.0669. The summed E-state index contributed by atoms with van der Waals surface area (Å²) in [6.07, 6.45) is 0. The molecule has 0 fully saturated rings. The van der Waals surface area contributed by atoms with Gasteiger partial charge in [0.25, 0.3) is 5.69 Å². The number of hydrogen-bond donors (Lipinski definition) is 0. The summed E-state index contributed by atoms with van der Waals surface area (Å²) in [7, 11) is 1.47. The molecular weight excluding hydrogens is 244 g/mol. The zero-order valence-electron chi connectivity index (χ0n) is 10.1. The molecule has 1 rings (SSSR count). The smallest absolute Gasteiger partial charge is 0.274 e. The lowest BCUT2D eigenvalue weighted by molar-refractivity contribution is -0.384. The van der Waals surface area contributed by atoms with Crippen molar-refractivity contribution >= 4 is 23.0 Å². The molecule has 0 aliphatic carbocycles. The fourth-order valence-electron chi connectivity index (χ4n) is 1.67. The fourth-order valence-corrected chi connectivity index (χ4v) is 1.99. The summed E-state index contributed by atoms with van der Waals surface area (Å²) in [5.74, 6) is 0.424. The molecule has 0 N–H and O–H groups in total. The van der Waals surface area contributed by atoms with Crippen molar-refractivity contribution in [3.05, 3.63) is 27.3 Å². The van der Waals surface area contributed by atoms with Crippen LogP contribution in [0.15, 0.2) is 12.1 Å². The Morgan fingerprint density at radius 3 is 2.41 bits per heavy atom. The average molecular weight is 259 g/mol. The van der Waals surface area contributed by atoms with E-state index in [9.17, 15) is 10.1 Å². The number of benzene rings is 1. The van der Waals surface area contributed by atoms with Crippen LogP contribution in [-0.2, 0) is 0 Å². The Morgan fingerprint density at radius 1 is 1.41 bits per heavy atom. The second-order valence-electron chi connectivity index (χ2n) is 3.41. The van der Waals surface area contributed by atoms with Crippen LogP contribution in [0.1, 0.15) is 13.8 Å². The minimum atomic E-state index is -0.486. The predicted molar refractivity (Wildman–Crippen MR) is 68.2 cm³/mol. The Morgan fingerprint density at radius 2 is 2.00 bits per heavy atom. The Balaban J connectivity index is 3.34. The highest BCUT2D eigenvalue weighted by Gasteiger charge is 2.19. The molecule has 0 aliphatic rings. The first-order chi connectivity index (χ1) is 8.04. The Labute approximate surface area is 105 Å². The number of halogens is 1. The van der Waals surface area contributed by atoms with Crippen LogP contribution >= 0.6 is 11.6 Å². The Kier molecular flexibility index (Phi) is 4.57. The normalized spacial score (nSPS) is 10.1. The van der Waals surface area contributed by atoms with Gasteiger partial charge in [-0.15, -0.1) is 0 Å². The molecule has 0 heterocycles. The number of hydrogen-bond acceptors (Lipinski definition) is 4. The second kappa shape index (κ2) is 5.72. The van der Waals surface area contributed by atoms with Gasteiger partial charge in [-0.1, -0.05) is 11.6 Å². The van der Waals surface area contributed by atoms with E-state index >= 15 is 0 Å². The van der Waals surface area contributed by atoms with E-state index < -0.39 is 4.92 Å². The van der Waals surface area contributed by atoms with Crippen molar-refractivity contribution in [3.63, 3.8) is 0 Å². The standard InChI is InChI=1S/C11H15ClN2O3/c1-4-13(5-2)11-9(12)6-8(14(15)16)7-10(11)17-3/h6-7H,4-5H2,1-3H3. The van der Waals surface area contributed by atoms with Gasteiger partial charge >= 0.3 is 0 Å². The third kappa shape index (κ3) is 2.79. The van der Waals surface area contributed by atoms with Crippen molar-refractivity contribution in [2.45, 2.75) is 13.8 Å². The van der Waals surface area contributed by atoms with E-state index in [2.05, 4.69) is 0 Å². The first-order valence-corrected chi connectivity index (χ1v) is 5.69. The number of anilines is 1. The topological polar surface area (TPSA) is 55.6 Å². The van der Waals surface area contributed by atoms with E-state index in [1.54, 1.807) is 0 Å². The van der Waals surface area contributed by atoms with E-state index in [1.807, 2.05) is 18.7 Å². The molecule has 0 aromatic heterocycles. The summed E-state index contributed by atoms with van der Waals surface area (Å²) < 4.78 is 5.17. The summed E-state index contributed by atoms with van der Waals surface area (Å²) >= 11 is 6.08. The van der Waals surface area contributed by atoms with Gasteiger partial charge < -0.3 is 9.64 Å². The van der Waals surface area contributed by atoms with Crippen LogP contribution in [0.4, 0.5) is 11.4 Å². The molecule has 0 unspecified atom stereocenters. The van der Waals surface area contributed by atoms with Gasteiger partial charge in [0.05, 0.1) is 28.8 Å². The molecule has 94 valence electrons. The lowest BCUT2D eigenvalue weighted by Gasteiger charge is -2.24. The van der Waals surface area contributed by atoms with E-state index in [1.165, 1.54) is 19.2 Å². The maximum atomic E-state index is 10.7. The lowest BCUT2D eigenvalue weighted by atomic mass is 10.2. The Bertz CT molecular complexity index is 419. The van der Waals surface area contributed by atoms with Gasteiger partial charge in [-0.3, -0.25) is 10.1 Å². The number of nitro groups is 1. The number of rotatable bonds is 5. The van der Waals surface area contributed by atoms with Crippen LogP contribution in [0, 0.1) is 10.1 Å². The molecule has 17 heavy (non-hydrogen) atoms. The third-order valence-electron chi connectivity index (χ3n) is 2.52. The van der Waals surface area contributed by atoms with Crippen molar-refractivity contribution in [3.8, 4) is 5.75 Å². The van der Waals surface area contributed by atoms with Crippen molar-refractivity contribution < 1.29 is 9.66 Å². The van der Waals surface area contributed by atoms with E-state index in [0.717, 1.165) is 13.1 Å². The van der Waals surface area contributed by atoms with Gasteiger partial charge in [0.1, 0.15) is 0 Å². The van der Waals surface area contributed by atoms with Gasteiger partial charge in [0.2, 0.25) is 0 Å². The molecule has 5 nitrogen and oxygen atoms in total. The molecular formula is C11H15ClN2O3. The Hall–Kier alpha value is -1.49. The number of ether oxygens (including phenoxy) is 1. The maximum absolute atomic E-state index is 10.7. The average Bonchev–Trinajstić information content (AvgIpc) is 2.31. The summed E-state index contributed by atoms with van der Waals surface area (Å²) in [6.45, 7) is 5.48. The lowest BCUT2D eigenvalue weighted by Crippen LogP contribution is -2.22. The van der Waals surface area contributed by atoms with Crippen LogP contribution in [0.5, 0.6) is 5.75 Å². The molecule has 1 aromatic carbocycles. The number of nitro benzene ring substituents is 1. The molecule has 0 bridgehead atoms. The molecule has 6 heteroatoms. The molecule has 0 saturated heterocycles. The van der Waals surface area contributed by atoms with Gasteiger partial charge in [0, 0.05) is 19.2 Å². The molecule has 0 atom stereocenters. The summed E-state index contributed by atoms with van der Waals surface area (Å²) in [4.78, 5) is 12.2. The van der Waals surface area contributed by atoms with Crippen molar-refractivity contribution in [2.75, 3.05) is 25.1 Å². The van der Waals surface area contributed by atoms with E-state index in [0.29, 0.717) is 16.5 Å². The second-order valence-corrected chi connectivity index (χ2v) is 3.82. The van der Waals surface area contributed by atoms with E-state index in [4.69, 9.17) is 16.3 Å². The minimum Gasteiger partial charge on any atom is -0.494 e. The van der Waals surface area contributed by atoms with Gasteiger partial charge in [0.15, 0.2) is 5.75 Å². The van der Waals surface area contributed by atoms with Gasteiger partial charge in [-0.05, 0) is 13.8 Å². The highest BCUT2D eigenvalue weighted by Crippen LogP contribution is 2.39. The summed E-state index contributed by atoms with van der Waals surface area (Å²) in [5, 5.41) is 11.1. The first kappa shape index (κ1) is 13.6. The van der Waals surface area contributed by atoms with Crippen LogP contribution < -0.4 is 9.64 Å². The van der Waals surface area contributed by atoms with Crippen LogP contribution in [-0.4, -0.2) is 25.1 Å². The monoisotopic (exact) mass is 258 g/mol. The largest absolute Gasteiger partial charge is 0.494 e. The highest BCUT2D eigenvalue weighted by atomic mass is 35.5. The quantitative estimate of drug-likeness (QED) is 0.602. The summed E-state index contributed by atoms with van der Waals surface area (Å²) in [6, 6.07) is 2.73. The predicted octanol–water partition coefficient (Wildman–Crippen LogP) is 3.10. The van der Waals surface area contributed by atoms with Crippen molar-refractivity contribution in [2.24, 2.45) is 0 Å². The molecule has 0 spiro atoms. The maximum Gasteiger partial charge on any atom is 0.274 e. The molecule has 0 radical (unpaired) electrons. The third-order valence-corrected chi connectivity index (χ3v) is 2.81. The number of nitrogens with zero attached hydrogens (tertiary/aromatic N) is 2. The molecule has 0 amide bonds. The molecule has 0 aliphatic heterocycles. The molecule has 0 saturated carbocycles. The van der Waals surface area contributed by atoms with Gasteiger partial charge in [-0.2, -0.15) is 0 Å².